The third-order valence-electron chi connectivity index (χ3n) is 16.1. The van der Waals surface area contributed by atoms with Crippen molar-refractivity contribution in [1.29, 1.82) is 10.5 Å². The Morgan fingerprint density at radius 3 is 1.50 bits per heavy atom. The maximum Gasteiger partial charge on any atom is 0.104 e. The summed E-state index contributed by atoms with van der Waals surface area (Å²) >= 11 is 3.40. The van der Waals surface area contributed by atoms with E-state index in [2.05, 4.69) is 250 Å². The Morgan fingerprint density at radius 1 is 0.388 bits per heavy atom. The highest BCUT2D eigenvalue weighted by Gasteiger charge is 2.34. The number of fused-ring (bicyclic) bond motifs is 14. The summed E-state index contributed by atoms with van der Waals surface area (Å²) in [5.41, 5.74) is 13.3. The van der Waals surface area contributed by atoms with Crippen LogP contribution in [0.1, 0.15) is 16.0 Å². The van der Waals surface area contributed by atoms with Gasteiger partial charge in [0.2, 0.25) is 0 Å². The van der Waals surface area contributed by atoms with E-state index >= 15 is 0 Å². The number of benzene rings is 11. The minimum Gasteiger partial charge on any atom is -0.352 e. The van der Waals surface area contributed by atoms with E-state index in [-0.39, 0.29) is 0 Å². The van der Waals surface area contributed by atoms with E-state index in [4.69, 9.17) is 6.58 Å². The minimum absolute atomic E-state index is 0.355. The molecule has 0 amide bonds. The number of para-hydroxylation sites is 4. The third-order valence-corrected chi connectivity index (χ3v) is 18.4. The van der Waals surface area contributed by atoms with Crippen LogP contribution in [0.3, 0.4) is 0 Å². The predicted molar refractivity (Wildman–Crippen MR) is 337 cm³/mol. The normalized spacial score (nSPS) is 11.8. The SMILES string of the molecule is C=C(Nc1c(C#N)c(-n2c3ccccc3c3ccccc32)c(-n2c3cc(-c4ccccc4-c4ccccc4)ccc3c3ccc4c5ccccc5sc4c32)c(C#N)c1-n1c2ccccc2c2ccccc21)c1cc2ccccc2s1. The molecule has 0 bridgehead atoms. The van der Waals surface area contributed by atoms with Crippen LogP contribution in [0.2, 0.25) is 0 Å². The molecule has 1 N–H and O–H groups in total. The first-order valence-corrected chi connectivity index (χ1v) is 28.2. The molecule has 16 aromatic rings. The molecular formula is C72H42N6S2. The van der Waals surface area contributed by atoms with Gasteiger partial charge >= 0.3 is 0 Å². The summed E-state index contributed by atoms with van der Waals surface area (Å²) < 4.78 is 10.2. The van der Waals surface area contributed by atoms with Crippen LogP contribution in [0, 0.1) is 22.7 Å². The standard InChI is InChI=1S/C72H42N6S2/c1-43(66-40-46-21-5-17-33-64(46)79-66)75-67-57(41-73)69(77-61-31-15-10-26-51(61)52-27-11-16-32-62(52)77)70(58(42-74)68(67)76-59-29-13-8-24-49(59)50-25-9-14-30-60(50)76)78-63-39-45(48-23-7-6-22-47(48)44-19-3-2-4-20-44)35-36-53(63)55-37-38-56-54-28-12-18-34-65(54)80-72(56)71(55)78/h2-40,75H,1H2. The summed E-state index contributed by atoms with van der Waals surface area (Å²) in [6.45, 7) is 4.75. The molecule has 0 aliphatic carbocycles. The molecule has 0 radical (unpaired) electrons. The summed E-state index contributed by atoms with van der Waals surface area (Å²) in [6, 6.07) is 88.9. The van der Waals surface area contributed by atoms with Crippen LogP contribution in [-0.4, -0.2) is 13.7 Å². The summed E-state index contributed by atoms with van der Waals surface area (Å²) in [4.78, 5) is 0.919. The monoisotopic (exact) mass is 1050 g/mol. The van der Waals surface area contributed by atoms with Gasteiger partial charge in [0.05, 0.1) is 65.4 Å². The Labute approximate surface area is 467 Å². The van der Waals surface area contributed by atoms with Crippen LogP contribution >= 0.6 is 22.7 Å². The number of anilines is 1. The Bertz CT molecular complexity index is 5260. The second-order valence-electron chi connectivity index (χ2n) is 20.3. The highest BCUT2D eigenvalue weighted by Crippen LogP contribution is 2.51. The molecule has 0 fully saturated rings. The lowest BCUT2D eigenvalue weighted by Gasteiger charge is -2.26. The minimum atomic E-state index is 0.355. The van der Waals surface area contributed by atoms with Gasteiger partial charge in [-0.1, -0.05) is 195 Å². The molecule has 5 aromatic heterocycles. The van der Waals surface area contributed by atoms with Gasteiger partial charge in [-0.3, -0.25) is 0 Å². The molecule has 372 valence electrons. The number of thiophene rings is 2. The molecular weight excluding hydrogens is 1010 g/mol. The van der Waals surface area contributed by atoms with Crippen LogP contribution < -0.4 is 5.32 Å². The van der Waals surface area contributed by atoms with Gasteiger partial charge in [-0.25, -0.2) is 0 Å². The van der Waals surface area contributed by atoms with Crippen LogP contribution in [0.5, 0.6) is 0 Å². The lowest BCUT2D eigenvalue weighted by molar-refractivity contribution is 1.06. The van der Waals surface area contributed by atoms with Crippen molar-refractivity contribution in [2.75, 3.05) is 5.32 Å². The fraction of sp³-hybridized carbons (Fsp3) is 0. The fourth-order valence-corrected chi connectivity index (χ4v) is 14.9. The molecule has 80 heavy (non-hydrogen) atoms. The first-order valence-electron chi connectivity index (χ1n) is 26.6. The lowest BCUT2D eigenvalue weighted by Crippen LogP contribution is -2.16. The number of nitrogens with one attached hydrogen (secondary N) is 1. The molecule has 0 spiro atoms. The van der Waals surface area contributed by atoms with Gasteiger partial charge in [0.1, 0.15) is 23.3 Å². The number of nitriles is 2. The predicted octanol–water partition coefficient (Wildman–Crippen LogP) is 19.7. The van der Waals surface area contributed by atoms with Crippen molar-refractivity contribution >= 4 is 130 Å². The Morgan fingerprint density at radius 2 is 0.875 bits per heavy atom. The maximum atomic E-state index is 12.8. The zero-order chi connectivity index (χ0) is 53.2. The highest BCUT2D eigenvalue weighted by atomic mass is 32.1. The highest BCUT2D eigenvalue weighted by molar-refractivity contribution is 7.26. The number of aromatic nitrogens is 3. The zero-order valence-corrected chi connectivity index (χ0v) is 44.4. The van der Waals surface area contributed by atoms with Gasteiger partial charge in [0.15, 0.2) is 0 Å². The molecule has 16 rings (SSSR count). The number of nitrogens with zero attached hydrogens (tertiary/aromatic N) is 5. The number of hydrogen-bond donors (Lipinski definition) is 1. The molecule has 5 heterocycles. The largest absolute Gasteiger partial charge is 0.352 e. The summed E-state index contributed by atoms with van der Waals surface area (Å²) in [5.74, 6) is 0. The summed E-state index contributed by atoms with van der Waals surface area (Å²) in [7, 11) is 0. The Hall–Kier alpha value is -10.5. The Kier molecular flexibility index (Phi) is 10.2. The van der Waals surface area contributed by atoms with Crippen molar-refractivity contribution in [2.24, 2.45) is 0 Å². The molecule has 8 heteroatoms. The molecule has 0 aliphatic rings. The van der Waals surface area contributed by atoms with Gasteiger partial charge in [0.25, 0.3) is 0 Å². The Balaban J connectivity index is 1.15. The van der Waals surface area contributed by atoms with E-state index in [0.717, 1.165) is 123 Å². The van der Waals surface area contributed by atoms with Gasteiger partial charge in [0, 0.05) is 58.2 Å². The summed E-state index contributed by atoms with van der Waals surface area (Å²) in [6.07, 6.45) is 0. The average Bonchev–Trinajstić information content (AvgIpc) is 4.48. The maximum absolute atomic E-state index is 12.8. The lowest BCUT2D eigenvalue weighted by atomic mass is 9.94. The topological polar surface area (TPSA) is 74.4 Å². The van der Waals surface area contributed by atoms with Gasteiger partial charge < -0.3 is 19.0 Å². The van der Waals surface area contributed by atoms with Crippen molar-refractivity contribution in [3.63, 3.8) is 0 Å². The van der Waals surface area contributed by atoms with Crippen molar-refractivity contribution in [2.45, 2.75) is 0 Å². The van der Waals surface area contributed by atoms with Crippen LogP contribution in [0.15, 0.2) is 243 Å². The molecule has 11 aromatic carbocycles. The quantitative estimate of drug-likeness (QED) is 0.165. The molecule has 0 unspecified atom stereocenters. The van der Waals surface area contributed by atoms with Crippen molar-refractivity contribution in [1.82, 2.24) is 13.7 Å². The smallest absolute Gasteiger partial charge is 0.104 e. The number of rotatable bonds is 8. The second kappa shape index (κ2) is 17.8. The van der Waals surface area contributed by atoms with Crippen LogP contribution in [-0.2, 0) is 0 Å². The molecule has 0 saturated carbocycles. The van der Waals surface area contributed by atoms with Crippen LogP contribution in [0.4, 0.5) is 5.69 Å². The van der Waals surface area contributed by atoms with Crippen molar-refractivity contribution in [3.05, 3.63) is 259 Å². The third kappa shape index (κ3) is 6.62. The zero-order valence-electron chi connectivity index (χ0n) is 42.8. The first-order chi connectivity index (χ1) is 39.6. The van der Waals surface area contributed by atoms with E-state index in [1.54, 1.807) is 22.7 Å². The number of hydrogen-bond acceptors (Lipinski definition) is 5. The average molecular weight is 1060 g/mol. The molecule has 6 nitrogen and oxygen atoms in total. The van der Waals surface area contributed by atoms with Gasteiger partial charge in [-0.15, -0.1) is 22.7 Å². The molecule has 0 aliphatic heterocycles. The van der Waals surface area contributed by atoms with Crippen LogP contribution in [0.25, 0.3) is 141 Å². The molecule has 0 saturated heterocycles. The summed E-state index contributed by atoms with van der Waals surface area (Å²) in [5, 5.41) is 38.7. The van der Waals surface area contributed by atoms with E-state index < -0.39 is 0 Å². The van der Waals surface area contributed by atoms with Gasteiger partial charge in [-0.05, 0) is 76.2 Å². The second-order valence-corrected chi connectivity index (χ2v) is 22.4. The van der Waals surface area contributed by atoms with Crippen molar-refractivity contribution in [3.8, 4) is 51.5 Å². The van der Waals surface area contributed by atoms with Gasteiger partial charge in [-0.2, -0.15) is 10.5 Å². The van der Waals surface area contributed by atoms with Crippen molar-refractivity contribution < 1.29 is 0 Å². The molecule has 0 atom stereocenters. The fourth-order valence-electron chi connectivity index (χ4n) is 12.7. The van der Waals surface area contributed by atoms with E-state index in [0.29, 0.717) is 39.6 Å². The van der Waals surface area contributed by atoms with E-state index in [9.17, 15) is 10.5 Å². The van der Waals surface area contributed by atoms with E-state index in [1.807, 2.05) is 18.2 Å². The van der Waals surface area contributed by atoms with E-state index in [1.165, 1.54) is 0 Å². The first kappa shape index (κ1) is 45.7.